The zero-order chi connectivity index (χ0) is 10.6. The number of nitrogens with one attached hydrogen (secondary N) is 1. The molecule has 0 saturated heterocycles. The molecule has 0 atom stereocenters. The van der Waals surface area contributed by atoms with Crippen molar-refractivity contribution in [1.29, 1.82) is 0 Å². The Bertz CT molecular complexity index is 346. The first-order chi connectivity index (χ1) is 6.63. The van der Waals surface area contributed by atoms with E-state index in [2.05, 4.69) is 31.0 Å². The van der Waals surface area contributed by atoms with E-state index in [1.165, 1.54) is 13.2 Å². The van der Waals surface area contributed by atoms with Crippen molar-refractivity contribution in [2.45, 2.75) is 0 Å². The van der Waals surface area contributed by atoms with Crippen LogP contribution in [0.3, 0.4) is 0 Å². The smallest absolute Gasteiger partial charge is 0.250 e. The Kier molecular flexibility index (Phi) is 3.97. The van der Waals surface area contributed by atoms with Crippen molar-refractivity contribution < 1.29 is 13.9 Å². The Balaban J connectivity index is 2.75. The van der Waals surface area contributed by atoms with Crippen molar-refractivity contribution in [1.82, 2.24) is 4.98 Å². The molecule has 0 aliphatic rings. The topological polar surface area (TPSA) is 51.2 Å². The number of aromatic nitrogens is 1. The molecule has 0 aromatic carbocycles. The quantitative estimate of drug-likeness (QED) is 0.842. The highest BCUT2D eigenvalue weighted by Crippen LogP contribution is 2.19. The third kappa shape index (κ3) is 3.04. The summed E-state index contributed by atoms with van der Waals surface area (Å²) in [6, 6.07) is 1.17. The second kappa shape index (κ2) is 5.02. The van der Waals surface area contributed by atoms with Crippen LogP contribution < -0.4 is 5.32 Å². The minimum absolute atomic E-state index is 0.0804. The van der Waals surface area contributed by atoms with E-state index in [1.54, 1.807) is 0 Å². The highest BCUT2D eigenvalue weighted by atomic mass is 79.9. The summed E-state index contributed by atoms with van der Waals surface area (Å²) in [5, 5.41) is 2.44. The molecule has 0 radical (unpaired) electrons. The van der Waals surface area contributed by atoms with Crippen LogP contribution in [0.4, 0.5) is 10.1 Å². The van der Waals surface area contributed by atoms with Gasteiger partial charge in [-0.2, -0.15) is 0 Å². The molecule has 1 rings (SSSR count). The van der Waals surface area contributed by atoms with Gasteiger partial charge in [-0.3, -0.25) is 4.79 Å². The fourth-order valence-corrected chi connectivity index (χ4v) is 1.14. The number of methoxy groups -OCH3 is 1. The molecule has 0 saturated carbocycles. The van der Waals surface area contributed by atoms with Gasteiger partial charge in [0.2, 0.25) is 5.91 Å². The number of carbonyl (C=O) groups excluding carboxylic acids is 1. The van der Waals surface area contributed by atoms with E-state index in [9.17, 15) is 9.18 Å². The Labute approximate surface area is 88.6 Å². The maximum Gasteiger partial charge on any atom is 0.250 e. The molecule has 4 nitrogen and oxygen atoms in total. The maximum atomic E-state index is 12.7. The van der Waals surface area contributed by atoms with Gasteiger partial charge >= 0.3 is 0 Å². The molecule has 0 bridgehead atoms. The first kappa shape index (κ1) is 11.1. The molecule has 0 spiro atoms. The Morgan fingerprint density at radius 1 is 1.79 bits per heavy atom. The van der Waals surface area contributed by atoms with Crippen LogP contribution in [0.1, 0.15) is 0 Å². The van der Waals surface area contributed by atoms with Crippen molar-refractivity contribution in [2.75, 3.05) is 19.0 Å². The molecule has 1 N–H and O–H groups in total. The van der Waals surface area contributed by atoms with Gasteiger partial charge in [0.1, 0.15) is 17.0 Å². The summed E-state index contributed by atoms with van der Waals surface area (Å²) in [4.78, 5) is 14.7. The van der Waals surface area contributed by atoms with Crippen molar-refractivity contribution in [3.05, 3.63) is 22.7 Å². The van der Waals surface area contributed by atoms with Crippen LogP contribution in [0, 0.1) is 5.82 Å². The van der Waals surface area contributed by atoms with Crippen molar-refractivity contribution in [3.63, 3.8) is 0 Å². The number of carbonyl (C=O) groups is 1. The normalized spacial score (nSPS) is 9.93. The zero-order valence-electron chi connectivity index (χ0n) is 7.38. The molecule has 1 amide bonds. The number of hydrogen-bond acceptors (Lipinski definition) is 3. The second-order valence-electron chi connectivity index (χ2n) is 2.47. The lowest BCUT2D eigenvalue weighted by Gasteiger charge is -2.05. The number of rotatable bonds is 3. The van der Waals surface area contributed by atoms with E-state index in [4.69, 9.17) is 0 Å². The Morgan fingerprint density at radius 3 is 3.14 bits per heavy atom. The molecule has 6 heteroatoms. The van der Waals surface area contributed by atoms with Crippen LogP contribution in [0.2, 0.25) is 0 Å². The van der Waals surface area contributed by atoms with Crippen LogP contribution >= 0.6 is 15.9 Å². The van der Waals surface area contributed by atoms with Crippen LogP contribution in [0.25, 0.3) is 0 Å². The first-order valence-electron chi connectivity index (χ1n) is 3.73. The molecule has 0 aliphatic heterocycles. The Hall–Kier alpha value is -1.01. The largest absolute Gasteiger partial charge is 0.375 e. The van der Waals surface area contributed by atoms with Gasteiger partial charge in [-0.25, -0.2) is 9.37 Å². The molecule has 1 aromatic rings. The van der Waals surface area contributed by atoms with Crippen molar-refractivity contribution in [2.24, 2.45) is 0 Å². The van der Waals surface area contributed by atoms with Crippen LogP contribution in [0.15, 0.2) is 16.9 Å². The molecule has 14 heavy (non-hydrogen) atoms. The third-order valence-corrected chi connectivity index (χ3v) is 1.99. The lowest BCUT2D eigenvalue weighted by molar-refractivity contribution is -0.119. The first-order valence-corrected chi connectivity index (χ1v) is 4.52. The minimum Gasteiger partial charge on any atom is -0.375 e. The van der Waals surface area contributed by atoms with E-state index < -0.39 is 5.82 Å². The van der Waals surface area contributed by atoms with Gasteiger partial charge in [0.05, 0.1) is 11.9 Å². The van der Waals surface area contributed by atoms with Crippen LogP contribution in [0.5, 0.6) is 0 Å². The SMILES string of the molecule is COCC(=O)Nc1cc(F)cnc1Br. The summed E-state index contributed by atoms with van der Waals surface area (Å²) in [7, 11) is 1.40. The average Bonchev–Trinajstić information content (AvgIpc) is 2.12. The summed E-state index contributed by atoms with van der Waals surface area (Å²) in [6.07, 6.45) is 1.05. The monoisotopic (exact) mass is 262 g/mol. The third-order valence-electron chi connectivity index (χ3n) is 1.36. The van der Waals surface area contributed by atoms with Crippen LogP contribution in [-0.4, -0.2) is 24.6 Å². The number of amides is 1. The van der Waals surface area contributed by atoms with E-state index in [-0.39, 0.29) is 18.2 Å². The van der Waals surface area contributed by atoms with Crippen molar-refractivity contribution >= 4 is 27.5 Å². The molecule has 1 heterocycles. The molecular formula is C8H8BrFN2O2. The van der Waals surface area contributed by atoms with Gasteiger partial charge in [0.15, 0.2) is 0 Å². The number of anilines is 1. The summed E-state index contributed by atoms with van der Waals surface area (Å²) >= 11 is 3.08. The van der Waals surface area contributed by atoms with E-state index in [0.717, 1.165) is 6.20 Å². The van der Waals surface area contributed by atoms with Gasteiger partial charge in [-0.05, 0) is 15.9 Å². The molecule has 76 valence electrons. The lowest BCUT2D eigenvalue weighted by Crippen LogP contribution is -2.17. The number of nitrogens with zero attached hydrogens (tertiary/aromatic N) is 1. The molecule has 0 fully saturated rings. The molecule has 0 aliphatic carbocycles. The van der Waals surface area contributed by atoms with E-state index in [0.29, 0.717) is 4.60 Å². The lowest BCUT2D eigenvalue weighted by atomic mass is 10.4. The molecular weight excluding hydrogens is 255 g/mol. The maximum absolute atomic E-state index is 12.7. The summed E-state index contributed by atoms with van der Waals surface area (Å²) < 4.78 is 17.7. The van der Waals surface area contributed by atoms with E-state index in [1.807, 2.05) is 0 Å². The van der Waals surface area contributed by atoms with Crippen LogP contribution in [-0.2, 0) is 9.53 Å². The summed E-state index contributed by atoms with van der Waals surface area (Å²) in [5.74, 6) is -0.874. The summed E-state index contributed by atoms with van der Waals surface area (Å²) in [6.45, 7) is -0.0804. The molecule has 1 aromatic heterocycles. The number of halogens is 2. The highest BCUT2D eigenvalue weighted by Gasteiger charge is 2.06. The van der Waals surface area contributed by atoms with Gasteiger partial charge in [0, 0.05) is 13.2 Å². The summed E-state index contributed by atoms with van der Waals surface area (Å²) in [5.41, 5.74) is 0.284. The Morgan fingerprint density at radius 2 is 2.50 bits per heavy atom. The van der Waals surface area contributed by atoms with Gasteiger partial charge < -0.3 is 10.1 Å². The highest BCUT2D eigenvalue weighted by molar-refractivity contribution is 9.10. The predicted molar refractivity (Wildman–Crippen MR) is 52.4 cm³/mol. The van der Waals surface area contributed by atoms with Gasteiger partial charge in [0.25, 0.3) is 0 Å². The minimum atomic E-state index is -0.513. The van der Waals surface area contributed by atoms with Gasteiger partial charge in [-0.1, -0.05) is 0 Å². The van der Waals surface area contributed by atoms with E-state index >= 15 is 0 Å². The number of ether oxygens (including phenoxy) is 1. The second-order valence-corrected chi connectivity index (χ2v) is 3.22. The van der Waals surface area contributed by atoms with Gasteiger partial charge in [-0.15, -0.1) is 0 Å². The zero-order valence-corrected chi connectivity index (χ0v) is 8.97. The number of pyridine rings is 1. The number of hydrogen-bond donors (Lipinski definition) is 1. The fraction of sp³-hybridized carbons (Fsp3) is 0.250. The fourth-order valence-electron chi connectivity index (χ4n) is 0.828. The average molecular weight is 263 g/mol. The predicted octanol–water partition coefficient (Wildman–Crippen LogP) is 1.57. The molecule has 0 unspecified atom stereocenters. The standard InChI is InChI=1S/C8H8BrFN2O2/c1-14-4-7(13)12-6-2-5(10)3-11-8(6)9/h2-3H,4H2,1H3,(H,12,13). The van der Waals surface area contributed by atoms with Crippen molar-refractivity contribution in [3.8, 4) is 0 Å².